The van der Waals surface area contributed by atoms with Gasteiger partial charge in [0.15, 0.2) is 4.98 Å². The van der Waals surface area contributed by atoms with Crippen molar-refractivity contribution in [3.63, 3.8) is 0 Å². The van der Waals surface area contributed by atoms with Gasteiger partial charge in [-0.3, -0.25) is 0 Å². The molecule has 17 heavy (non-hydrogen) atoms. The minimum atomic E-state index is -6.00. The molecule has 1 aromatic carbocycles. The van der Waals surface area contributed by atoms with Crippen LogP contribution in [0.1, 0.15) is 5.56 Å². The van der Waals surface area contributed by atoms with E-state index in [-0.39, 0.29) is 15.7 Å². The molecule has 10 heteroatoms. The Morgan fingerprint density at radius 1 is 1.18 bits per heavy atom. The van der Waals surface area contributed by atoms with E-state index in [9.17, 15) is 26.0 Å². The molecule has 0 heterocycles. The molecule has 0 bridgehead atoms. The molecule has 0 unspecified atom stereocenters. The van der Waals surface area contributed by atoms with Crippen molar-refractivity contribution in [2.24, 2.45) is 0 Å². The van der Waals surface area contributed by atoms with Crippen LogP contribution in [0.5, 0.6) is 0 Å². The molecule has 0 N–H and O–H groups in total. The van der Waals surface area contributed by atoms with Crippen LogP contribution in [0.2, 0.25) is 0 Å². The Kier molecular flexibility index (Phi) is 5.48. The van der Waals surface area contributed by atoms with Crippen LogP contribution in [0.15, 0.2) is 10.5 Å². The summed E-state index contributed by atoms with van der Waals surface area (Å²) in [6.45, 7) is 1.27. The Balaban J connectivity index is 0.000000437. The molecule has 0 aliphatic heterocycles. The van der Waals surface area contributed by atoms with Crippen molar-refractivity contribution in [2.75, 3.05) is 0 Å². The van der Waals surface area contributed by atoms with Gasteiger partial charge in [0.05, 0.1) is 10.5 Å². The van der Waals surface area contributed by atoms with Crippen LogP contribution in [-0.4, -0.2) is 7.25 Å². The van der Waals surface area contributed by atoms with E-state index in [4.69, 9.17) is 5.39 Å². The molecule has 0 fully saturated rings. The van der Waals surface area contributed by atoms with Crippen molar-refractivity contribution in [2.45, 2.75) is 6.92 Å². The van der Waals surface area contributed by atoms with E-state index >= 15 is 0 Å². The van der Waals surface area contributed by atoms with Gasteiger partial charge in [-0.1, -0.05) is 0 Å². The van der Waals surface area contributed by atoms with Gasteiger partial charge in [0.25, 0.3) is 0 Å². The molecule has 0 amide bonds. The Hall–Kier alpha value is -1.24. The molecule has 0 aliphatic rings. The number of diazo groups is 1. The lowest BCUT2D eigenvalue weighted by Crippen LogP contribution is -2.02. The lowest BCUT2D eigenvalue weighted by Gasteiger charge is -1.96. The predicted molar refractivity (Wildman–Crippen MR) is 53.7 cm³/mol. The van der Waals surface area contributed by atoms with Crippen molar-refractivity contribution >= 4 is 28.9 Å². The third kappa shape index (κ3) is 5.58. The summed E-state index contributed by atoms with van der Waals surface area (Å²) in [6.07, 6.45) is 0. The van der Waals surface area contributed by atoms with Crippen molar-refractivity contribution in [3.05, 3.63) is 32.7 Å². The molecule has 0 aliphatic carbocycles. The van der Waals surface area contributed by atoms with Gasteiger partial charge in [0.2, 0.25) is 11.2 Å². The van der Waals surface area contributed by atoms with Crippen LogP contribution in [0.25, 0.3) is 4.98 Å². The second-order valence-electron chi connectivity index (χ2n) is 2.73. The quantitative estimate of drug-likeness (QED) is 0.291. The first-order valence-corrected chi connectivity index (χ1v) is 4.73. The van der Waals surface area contributed by atoms with Gasteiger partial charge in [0.1, 0.15) is 5.82 Å². The van der Waals surface area contributed by atoms with Crippen molar-refractivity contribution in [1.82, 2.24) is 0 Å². The van der Waals surface area contributed by atoms with E-state index in [1.807, 2.05) is 0 Å². The highest BCUT2D eigenvalue weighted by Gasteiger charge is 2.22. The second-order valence-corrected chi connectivity index (χ2v) is 3.58. The highest BCUT2D eigenvalue weighted by Crippen LogP contribution is 2.29. The Labute approximate surface area is 100 Å². The average Bonchev–Trinajstić information content (AvgIpc) is 2.18. The normalized spacial score (nSPS) is 10.3. The average molecular weight is 321 g/mol. The van der Waals surface area contributed by atoms with Gasteiger partial charge in [-0.05, 0) is 22.9 Å². The number of halogens is 7. The maximum Gasteiger partial charge on any atom is 0.673 e. The SMILES string of the molecule is Cc1c(F)c(Br)cc([N+]#N)c1F.F[B-](F)(F)F. The van der Waals surface area contributed by atoms with E-state index < -0.39 is 18.9 Å². The summed E-state index contributed by atoms with van der Waals surface area (Å²) in [6, 6.07) is 1.07. The topological polar surface area (TPSA) is 28.1 Å². The molecule has 1 rings (SSSR count). The van der Waals surface area contributed by atoms with Crippen LogP contribution in [0, 0.1) is 24.0 Å². The summed E-state index contributed by atoms with van der Waals surface area (Å²) in [5.74, 6) is -1.53. The highest BCUT2D eigenvalue weighted by molar-refractivity contribution is 9.10. The third-order valence-corrected chi connectivity index (χ3v) is 2.04. The predicted octanol–water partition coefficient (Wildman–Crippen LogP) is 4.82. The molecular weight excluding hydrogens is 317 g/mol. The zero-order valence-corrected chi connectivity index (χ0v) is 9.78. The van der Waals surface area contributed by atoms with E-state index in [2.05, 4.69) is 20.9 Å². The molecule has 1 aromatic rings. The summed E-state index contributed by atoms with van der Waals surface area (Å²) >= 11 is 2.86. The molecule has 0 aromatic heterocycles. The second kappa shape index (κ2) is 5.91. The fourth-order valence-corrected chi connectivity index (χ4v) is 1.30. The number of hydrogen-bond donors (Lipinski definition) is 0. The molecule has 2 nitrogen and oxygen atoms in total. The fraction of sp³-hybridized carbons (Fsp3) is 0.143. The maximum absolute atomic E-state index is 12.9. The van der Waals surface area contributed by atoms with E-state index in [1.54, 1.807) is 0 Å². The van der Waals surface area contributed by atoms with Gasteiger partial charge in [-0.15, -0.1) is 0 Å². The van der Waals surface area contributed by atoms with E-state index in [0.717, 1.165) is 6.07 Å². The van der Waals surface area contributed by atoms with Crippen molar-refractivity contribution < 1.29 is 26.0 Å². The third-order valence-electron chi connectivity index (χ3n) is 1.46. The smallest absolute Gasteiger partial charge is 0.418 e. The molecular formula is C7H4BBrF6N2. The monoisotopic (exact) mass is 320 g/mol. The van der Waals surface area contributed by atoms with Crippen LogP contribution < -0.4 is 0 Å². The molecule has 0 saturated carbocycles. The fourth-order valence-electron chi connectivity index (χ4n) is 0.787. The van der Waals surface area contributed by atoms with Crippen LogP contribution in [0.4, 0.5) is 31.7 Å². The van der Waals surface area contributed by atoms with Crippen LogP contribution in [0.3, 0.4) is 0 Å². The number of nitrogens with zero attached hydrogens (tertiary/aromatic N) is 2. The summed E-state index contributed by atoms with van der Waals surface area (Å²) in [5, 5.41) is 8.30. The molecule has 94 valence electrons. The number of hydrogen-bond acceptors (Lipinski definition) is 1. The zero-order valence-electron chi connectivity index (χ0n) is 8.19. The summed E-state index contributed by atoms with van der Waals surface area (Å²) in [7, 11) is -6.00. The number of benzene rings is 1. The Bertz CT molecular complexity index is 449. The minimum Gasteiger partial charge on any atom is -0.418 e. The summed E-state index contributed by atoms with van der Waals surface area (Å²) in [5.41, 5.74) is -0.446. The van der Waals surface area contributed by atoms with Crippen molar-refractivity contribution in [1.29, 1.82) is 5.39 Å². The first-order chi connectivity index (χ1) is 7.57. The van der Waals surface area contributed by atoms with Crippen LogP contribution in [-0.2, 0) is 0 Å². The maximum atomic E-state index is 12.9. The van der Waals surface area contributed by atoms with Gasteiger partial charge in [0, 0.05) is 5.56 Å². The van der Waals surface area contributed by atoms with Gasteiger partial charge in [-0.2, -0.15) is 4.39 Å². The molecule has 0 spiro atoms. The summed E-state index contributed by atoms with van der Waals surface area (Å²) < 4.78 is 64.9. The van der Waals surface area contributed by atoms with E-state index in [1.165, 1.54) is 6.92 Å². The first-order valence-electron chi connectivity index (χ1n) is 3.94. The lowest BCUT2D eigenvalue weighted by atomic mass is 10.2. The highest BCUT2D eigenvalue weighted by atomic mass is 79.9. The Morgan fingerprint density at radius 3 is 1.94 bits per heavy atom. The van der Waals surface area contributed by atoms with Gasteiger partial charge < -0.3 is 17.3 Å². The summed E-state index contributed by atoms with van der Waals surface area (Å²) in [4.78, 5) is 2.66. The molecule has 0 radical (unpaired) electrons. The van der Waals surface area contributed by atoms with Gasteiger partial charge in [-0.25, -0.2) is 4.39 Å². The van der Waals surface area contributed by atoms with Gasteiger partial charge >= 0.3 is 12.9 Å². The van der Waals surface area contributed by atoms with Crippen molar-refractivity contribution in [3.8, 4) is 0 Å². The van der Waals surface area contributed by atoms with E-state index in [0.29, 0.717) is 0 Å². The minimum absolute atomic E-state index is 0.0780. The largest absolute Gasteiger partial charge is 0.673 e. The Morgan fingerprint density at radius 2 is 1.59 bits per heavy atom. The molecule has 0 atom stereocenters. The lowest BCUT2D eigenvalue weighted by molar-refractivity contribution is 0.368. The zero-order chi connectivity index (χ0) is 13.8. The molecule has 0 saturated heterocycles. The first kappa shape index (κ1) is 15.8. The van der Waals surface area contributed by atoms with Crippen LogP contribution >= 0.6 is 15.9 Å². The standard InChI is InChI=1S/C7H4BrF2N2.BF4/c1-3-6(9)4(8)2-5(12-11)7(3)10;2-1(3,4)5/h2H,1H3;/q+1;-1. The number of rotatable bonds is 0.